The highest BCUT2D eigenvalue weighted by Gasteiger charge is 2.24. The van der Waals surface area contributed by atoms with Gasteiger partial charge in [0, 0.05) is 11.3 Å². The van der Waals surface area contributed by atoms with Crippen molar-refractivity contribution in [1.82, 2.24) is 0 Å². The van der Waals surface area contributed by atoms with Gasteiger partial charge in [0.2, 0.25) is 0 Å². The summed E-state index contributed by atoms with van der Waals surface area (Å²) in [6.07, 6.45) is 0. The molecule has 1 aliphatic rings. The molecule has 2 aromatic rings. The van der Waals surface area contributed by atoms with Gasteiger partial charge < -0.3 is 15.1 Å². The number of carbonyl (C=O) groups is 1. The lowest BCUT2D eigenvalue weighted by atomic mass is 10.2. The lowest BCUT2D eigenvalue weighted by molar-refractivity contribution is -1.02. The number of anilines is 1. The van der Waals surface area contributed by atoms with Gasteiger partial charge >= 0.3 is 0 Å². The largest absolute Gasteiger partial charge is 0.322 e. The summed E-state index contributed by atoms with van der Waals surface area (Å²) in [6, 6.07) is 16.4. The molecule has 1 saturated heterocycles. The number of benzene rings is 2. The van der Waals surface area contributed by atoms with Crippen molar-refractivity contribution in [2.24, 2.45) is 0 Å². The van der Waals surface area contributed by atoms with Crippen molar-refractivity contribution in [2.75, 3.05) is 38.0 Å². The molecule has 24 heavy (non-hydrogen) atoms. The summed E-state index contributed by atoms with van der Waals surface area (Å²) in [7, 11) is 0. The number of piperazine rings is 1. The highest BCUT2D eigenvalue weighted by molar-refractivity contribution is 5.91. The molecule has 0 spiro atoms. The first-order valence-electron chi connectivity index (χ1n) is 8.45. The van der Waals surface area contributed by atoms with Crippen molar-refractivity contribution in [1.29, 1.82) is 0 Å². The molecule has 1 amide bonds. The Hall–Kier alpha value is -2.24. The molecule has 3 rings (SSSR count). The molecule has 0 bridgehead atoms. The summed E-state index contributed by atoms with van der Waals surface area (Å²) in [5.41, 5.74) is 2.01. The maximum Gasteiger partial charge on any atom is 0.279 e. The van der Waals surface area contributed by atoms with E-state index in [1.807, 2.05) is 6.07 Å². The number of rotatable bonds is 5. The minimum Gasteiger partial charge on any atom is -0.322 e. The molecule has 0 radical (unpaired) electrons. The fourth-order valence-corrected chi connectivity index (χ4v) is 3.16. The quantitative estimate of drug-likeness (QED) is 0.695. The number of amides is 1. The van der Waals surface area contributed by atoms with Crippen LogP contribution in [0.15, 0.2) is 54.6 Å². The van der Waals surface area contributed by atoms with E-state index in [0.29, 0.717) is 12.2 Å². The van der Waals surface area contributed by atoms with E-state index >= 15 is 0 Å². The Morgan fingerprint density at radius 2 is 1.54 bits per heavy atom. The van der Waals surface area contributed by atoms with Gasteiger partial charge in [-0.05, 0) is 24.3 Å². The molecule has 5 heteroatoms. The molecule has 4 nitrogen and oxygen atoms in total. The van der Waals surface area contributed by atoms with Gasteiger partial charge in [-0.2, -0.15) is 0 Å². The maximum atomic E-state index is 12.9. The topological polar surface area (TPSA) is 38.0 Å². The molecule has 0 saturated carbocycles. The molecule has 0 atom stereocenters. The molecule has 0 aromatic heterocycles. The van der Waals surface area contributed by atoms with Crippen molar-refractivity contribution >= 4 is 11.6 Å². The number of quaternary nitrogens is 2. The molecular formula is C19H24FN3O+2. The van der Waals surface area contributed by atoms with Gasteiger partial charge in [-0.25, -0.2) is 4.39 Å². The third kappa shape index (κ3) is 4.88. The van der Waals surface area contributed by atoms with E-state index in [4.69, 9.17) is 0 Å². The van der Waals surface area contributed by atoms with E-state index in [9.17, 15) is 9.18 Å². The highest BCUT2D eigenvalue weighted by Crippen LogP contribution is 2.07. The van der Waals surface area contributed by atoms with Crippen LogP contribution in [0.5, 0.6) is 0 Å². The lowest BCUT2D eigenvalue weighted by Gasteiger charge is -2.29. The van der Waals surface area contributed by atoms with Crippen LogP contribution in [0.25, 0.3) is 0 Å². The average molecular weight is 329 g/mol. The second-order valence-corrected chi connectivity index (χ2v) is 6.39. The van der Waals surface area contributed by atoms with Crippen LogP contribution >= 0.6 is 0 Å². The predicted octanol–water partition coefficient (Wildman–Crippen LogP) is -0.252. The molecule has 0 unspecified atom stereocenters. The predicted molar refractivity (Wildman–Crippen MR) is 91.4 cm³/mol. The van der Waals surface area contributed by atoms with E-state index in [1.165, 1.54) is 22.6 Å². The van der Waals surface area contributed by atoms with Crippen LogP contribution in [-0.2, 0) is 11.3 Å². The second kappa shape index (κ2) is 8.04. The van der Waals surface area contributed by atoms with Crippen LogP contribution in [0.4, 0.5) is 10.1 Å². The third-order valence-corrected chi connectivity index (χ3v) is 4.50. The molecule has 1 fully saturated rings. The second-order valence-electron chi connectivity index (χ2n) is 6.39. The van der Waals surface area contributed by atoms with Gasteiger partial charge in [-0.3, -0.25) is 4.79 Å². The van der Waals surface area contributed by atoms with E-state index in [2.05, 4.69) is 29.6 Å². The summed E-state index contributed by atoms with van der Waals surface area (Å²) < 4.78 is 12.9. The maximum absolute atomic E-state index is 12.9. The van der Waals surface area contributed by atoms with Crippen LogP contribution in [0, 0.1) is 5.82 Å². The van der Waals surface area contributed by atoms with Gasteiger partial charge in [0.15, 0.2) is 6.54 Å². The van der Waals surface area contributed by atoms with Crippen molar-refractivity contribution in [3.05, 3.63) is 66.0 Å². The molecule has 126 valence electrons. The lowest BCUT2D eigenvalue weighted by Crippen LogP contribution is -3.28. The van der Waals surface area contributed by atoms with Crippen LogP contribution in [-0.4, -0.2) is 38.6 Å². The van der Waals surface area contributed by atoms with Crippen LogP contribution < -0.4 is 15.1 Å². The zero-order chi connectivity index (χ0) is 16.8. The number of nitrogens with one attached hydrogen (secondary N) is 3. The zero-order valence-electron chi connectivity index (χ0n) is 13.7. The molecule has 0 aliphatic carbocycles. The fraction of sp³-hybridized carbons (Fsp3) is 0.316. The standard InChI is InChI=1S/C19H22FN3O/c20-17-6-8-18(9-7-17)21-19(24)15-23-12-10-22(11-13-23)14-16-4-2-1-3-5-16/h1-9H,10-15H2,(H,21,24)/p+2. The fourth-order valence-electron chi connectivity index (χ4n) is 3.16. The van der Waals surface area contributed by atoms with Gasteiger partial charge in [-0.1, -0.05) is 30.3 Å². The van der Waals surface area contributed by atoms with Crippen LogP contribution in [0.2, 0.25) is 0 Å². The summed E-state index contributed by atoms with van der Waals surface area (Å²) in [5.74, 6) is -0.306. The third-order valence-electron chi connectivity index (χ3n) is 4.50. The Labute approximate surface area is 141 Å². The summed E-state index contributed by atoms with van der Waals surface area (Å²) in [5, 5.41) is 2.83. The van der Waals surface area contributed by atoms with Crippen LogP contribution in [0.1, 0.15) is 5.56 Å². The van der Waals surface area contributed by atoms with E-state index in [1.54, 1.807) is 17.0 Å². The normalized spacial score (nSPS) is 20.5. The van der Waals surface area contributed by atoms with Crippen molar-refractivity contribution in [3.63, 3.8) is 0 Å². The Kier molecular flexibility index (Phi) is 5.56. The number of halogens is 1. The zero-order valence-corrected chi connectivity index (χ0v) is 13.7. The Bertz CT molecular complexity index is 652. The number of hydrogen-bond donors (Lipinski definition) is 3. The van der Waals surface area contributed by atoms with Gasteiger partial charge in [0.1, 0.15) is 38.5 Å². The SMILES string of the molecule is O=C(C[NH+]1CC[NH+](Cc2ccccc2)CC1)Nc1ccc(F)cc1. The molecule has 1 heterocycles. The molecule has 1 aliphatic heterocycles. The first-order valence-corrected chi connectivity index (χ1v) is 8.45. The van der Waals surface area contributed by atoms with E-state index < -0.39 is 0 Å². The minimum absolute atomic E-state index is 0.0110. The van der Waals surface area contributed by atoms with Gasteiger partial charge in [0.05, 0.1) is 0 Å². The summed E-state index contributed by atoms with van der Waals surface area (Å²) in [4.78, 5) is 15.0. The minimum atomic E-state index is -0.295. The Morgan fingerprint density at radius 3 is 2.21 bits per heavy atom. The summed E-state index contributed by atoms with van der Waals surface area (Å²) in [6.45, 7) is 5.67. The molecule has 2 aromatic carbocycles. The highest BCUT2D eigenvalue weighted by atomic mass is 19.1. The number of hydrogen-bond acceptors (Lipinski definition) is 1. The van der Waals surface area contributed by atoms with Crippen LogP contribution in [0.3, 0.4) is 0 Å². The van der Waals surface area contributed by atoms with Crippen molar-refractivity contribution < 1.29 is 19.0 Å². The van der Waals surface area contributed by atoms with Gasteiger partial charge in [-0.15, -0.1) is 0 Å². The van der Waals surface area contributed by atoms with Crippen molar-refractivity contribution in [2.45, 2.75) is 6.54 Å². The number of carbonyl (C=O) groups excluding carboxylic acids is 1. The van der Waals surface area contributed by atoms with Crippen molar-refractivity contribution in [3.8, 4) is 0 Å². The van der Waals surface area contributed by atoms with E-state index in [-0.39, 0.29) is 11.7 Å². The summed E-state index contributed by atoms with van der Waals surface area (Å²) >= 11 is 0. The first kappa shape index (κ1) is 16.6. The average Bonchev–Trinajstić information content (AvgIpc) is 2.60. The van der Waals surface area contributed by atoms with Gasteiger partial charge in [0.25, 0.3) is 5.91 Å². The monoisotopic (exact) mass is 329 g/mol. The Morgan fingerprint density at radius 1 is 0.917 bits per heavy atom. The Balaban J connectivity index is 1.41. The van der Waals surface area contributed by atoms with E-state index in [0.717, 1.165) is 32.7 Å². The first-order chi connectivity index (χ1) is 11.7. The smallest absolute Gasteiger partial charge is 0.279 e. The molecule has 3 N–H and O–H groups in total. The molecular weight excluding hydrogens is 305 g/mol.